The van der Waals surface area contributed by atoms with E-state index in [-0.39, 0.29) is 34.2 Å². The van der Waals surface area contributed by atoms with Gasteiger partial charge in [0.05, 0.1) is 5.69 Å². The first kappa shape index (κ1) is 15.8. The van der Waals surface area contributed by atoms with Crippen molar-refractivity contribution < 1.29 is 18.0 Å². The predicted molar refractivity (Wildman–Crippen MR) is 70.1 cm³/mol. The number of carbonyl (C=O) groups excluding carboxylic acids is 1. The number of halogens is 3. The van der Waals surface area contributed by atoms with Crippen LogP contribution in [0.4, 0.5) is 18.9 Å². The third kappa shape index (κ3) is 5.52. The molecule has 3 nitrogen and oxygen atoms in total. The molecule has 1 rings (SSSR count). The summed E-state index contributed by atoms with van der Waals surface area (Å²) in [7, 11) is 1.71. The van der Waals surface area contributed by atoms with Crippen molar-refractivity contribution in [2.75, 3.05) is 18.9 Å². The molecule has 1 aromatic rings. The molecule has 0 saturated carbocycles. The molecule has 1 unspecified atom stereocenters. The highest BCUT2D eigenvalue weighted by molar-refractivity contribution is 8.00. The average molecular weight is 292 g/mol. The first-order valence-corrected chi connectivity index (χ1v) is 6.45. The number of hydrogen-bond donors (Lipinski definition) is 2. The van der Waals surface area contributed by atoms with Crippen LogP contribution in [0.25, 0.3) is 0 Å². The van der Waals surface area contributed by atoms with E-state index < -0.39 is 5.51 Å². The molecule has 1 amide bonds. The standard InChI is InChI=1S/C12H15F3N2OS/c1-8(7-16-2)11(18)17-9-5-3-4-6-10(9)19-12(13,14)15/h3-6,8,16H,7H2,1-2H3,(H,17,18). The van der Waals surface area contributed by atoms with E-state index in [1.54, 1.807) is 20.0 Å². The molecular formula is C12H15F3N2OS. The summed E-state index contributed by atoms with van der Waals surface area (Å²) in [4.78, 5) is 11.8. The number of para-hydroxylation sites is 1. The van der Waals surface area contributed by atoms with Crippen LogP contribution in [-0.2, 0) is 4.79 Å². The van der Waals surface area contributed by atoms with E-state index in [2.05, 4.69) is 10.6 Å². The van der Waals surface area contributed by atoms with E-state index in [1.807, 2.05) is 0 Å². The van der Waals surface area contributed by atoms with Gasteiger partial charge in [-0.2, -0.15) is 13.2 Å². The van der Waals surface area contributed by atoms with Crippen molar-refractivity contribution in [2.45, 2.75) is 17.3 Å². The second-order valence-corrected chi connectivity index (χ2v) is 5.10. The largest absolute Gasteiger partial charge is 0.446 e. The highest BCUT2D eigenvalue weighted by atomic mass is 32.2. The van der Waals surface area contributed by atoms with Crippen LogP contribution in [0.5, 0.6) is 0 Å². The van der Waals surface area contributed by atoms with Crippen LogP contribution in [0.15, 0.2) is 29.2 Å². The summed E-state index contributed by atoms with van der Waals surface area (Å²) in [5.41, 5.74) is -4.20. The maximum absolute atomic E-state index is 12.4. The SMILES string of the molecule is CNCC(C)C(=O)Nc1ccccc1SC(F)(F)F. The van der Waals surface area contributed by atoms with Gasteiger partial charge in [0.15, 0.2) is 0 Å². The summed E-state index contributed by atoms with van der Waals surface area (Å²) in [6, 6.07) is 5.87. The molecule has 106 valence electrons. The van der Waals surface area contributed by atoms with Crippen molar-refractivity contribution >= 4 is 23.4 Å². The summed E-state index contributed by atoms with van der Waals surface area (Å²) in [5, 5.41) is 5.36. The Labute approximate surface area is 114 Å². The zero-order valence-electron chi connectivity index (χ0n) is 10.5. The van der Waals surface area contributed by atoms with Crippen LogP contribution in [0.2, 0.25) is 0 Å². The van der Waals surface area contributed by atoms with Gasteiger partial charge in [0, 0.05) is 17.4 Å². The highest BCUT2D eigenvalue weighted by Gasteiger charge is 2.30. The van der Waals surface area contributed by atoms with Gasteiger partial charge in [-0.25, -0.2) is 0 Å². The van der Waals surface area contributed by atoms with Crippen molar-refractivity contribution in [1.29, 1.82) is 0 Å². The summed E-state index contributed by atoms with van der Waals surface area (Å²) in [6.07, 6.45) is 0. The number of nitrogens with one attached hydrogen (secondary N) is 2. The van der Waals surface area contributed by atoms with Crippen LogP contribution >= 0.6 is 11.8 Å². The van der Waals surface area contributed by atoms with E-state index in [9.17, 15) is 18.0 Å². The fourth-order valence-corrected chi connectivity index (χ4v) is 2.06. The summed E-state index contributed by atoms with van der Waals surface area (Å²) in [5.74, 6) is -0.640. The topological polar surface area (TPSA) is 41.1 Å². The molecule has 1 aromatic carbocycles. The minimum Gasteiger partial charge on any atom is -0.325 e. The lowest BCUT2D eigenvalue weighted by molar-refractivity contribution is -0.119. The van der Waals surface area contributed by atoms with Crippen molar-refractivity contribution in [3.8, 4) is 0 Å². The van der Waals surface area contributed by atoms with Crippen molar-refractivity contribution in [1.82, 2.24) is 5.32 Å². The molecular weight excluding hydrogens is 277 g/mol. The lowest BCUT2D eigenvalue weighted by atomic mass is 10.1. The fraction of sp³-hybridized carbons (Fsp3) is 0.417. The summed E-state index contributed by atoms with van der Waals surface area (Å²) < 4.78 is 37.1. The first-order chi connectivity index (χ1) is 8.83. The molecule has 0 bridgehead atoms. The van der Waals surface area contributed by atoms with Crippen molar-refractivity contribution in [2.24, 2.45) is 5.92 Å². The predicted octanol–water partition coefficient (Wildman–Crippen LogP) is 3.09. The Kier molecular flexibility index (Phi) is 5.68. The van der Waals surface area contributed by atoms with E-state index in [0.29, 0.717) is 6.54 Å². The minimum absolute atomic E-state index is 0.0139. The Morgan fingerprint density at radius 2 is 2.00 bits per heavy atom. The Hall–Kier alpha value is -1.21. The molecule has 7 heteroatoms. The van der Waals surface area contributed by atoms with Gasteiger partial charge in [-0.15, -0.1) is 0 Å². The monoisotopic (exact) mass is 292 g/mol. The number of amides is 1. The van der Waals surface area contributed by atoms with Gasteiger partial charge in [0.1, 0.15) is 0 Å². The molecule has 0 saturated heterocycles. The molecule has 0 spiro atoms. The maximum atomic E-state index is 12.4. The second-order valence-electron chi connectivity index (χ2n) is 3.99. The first-order valence-electron chi connectivity index (χ1n) is 5.63. The van der Waals surface area contributed by atoms with Crippen LogP contribution in [-0.4, -0.2) is 25.0 Å². The Morgan fingerprint density at radius 3 is 2.58 bits per heavy atom. The molecule has 1 atom stereocenters. The molecule has 19 heavy (non-hydrogen) atoms. The summed E-state index contributed by atoms with van der Waals surface area (Å²) >= 11 is -0.236. The van der Waals surface area contributed by atoms with Gasteiger partial charge in [0.25, 0.3) is 0 Å². The van der Waals surface area contributed by atoms with Crippen molar-refractivity contribution in [3.63, 3.8) is 0 Å². The molecule has 0 fully saturated rings. The minimum atomic E-state index is -4.38. The number of anilines is 1. The zero-order chi connectivity index (χ0) is 14.5. The number of carbonyl (C=O) groups is 1. The lowest BCUT2D eigenvalue weighted by Crippen LogP contribution is -2.28. The van der Waals surface area contributed by atoms with Gasteiger partial charge in [-0.3, -0.25) is 4.79 Å². The summed E-state index contributed by atoms with van der Waals surface area (Å²) in [6.45, 7) is 2.16. The highest BCUT2D eigenvalue weighted by Crippen LogP contribution is 2.40. The number of alkyl halides is 3. The Balaban J connectivity index is 2.81. The number of rotatable bonds is 5. The fourth-order valence-electron chi connectivity index (χ4n) is 1.44. The van der Waals surface area contributed by atoms with E-state index >= 15 is 0 Å². The molecule has 0 radical (unpaired) electrons. The molecule has 0 heterocycles. The average Bonchev–Trinajstić information content (AvgIpc) is 2.30. The number of thioether (sulfide) groups is 1. The van der Waals surface area contributed by atoms with Gasteiger partial charge in [-0.05, 0) is 30.9 Å². The van der Waals surface area contributed by atoms with E-state index in [0.717, 1.165) is 0 Å². The smallest absolute Gasteiger partial charge is 0.325 e. The molecule has 0 aliphatic heterocycles. The lowest BCUT2D eigenvalue weighted by Gasteiger charge is -2.15. The Morgan fingerprint density at radius 1 is 1.37 bits per heavy atom. The normalized spacial score (nSPS) is 13.1. The van der Waals surface area contributed by atoms with Gasteiger partial charge < -0.3 is 10.6 Å². The Bertz CT molecular complexity index is 437. The van der Waals surface area contributed by atoms with E-state index in [4.69, 9.17) is 0 Å². The van der Waals surface area contributed by atoms with Crippen molar-refractivity contribution in [3.05, 3.63) is 24.3 Å². The van der Waals surface area contributed by atoms with E-state index in [1.165, 1.54) is 18.2 Å². The van der Waals surface area contributed by atoms with Gasteiger partial charge in [-0.1, -0.05) is 19.1 Å². The molecule has 0 aliphatic carbocycles. The third-order valence-electron chi connectivity index (χ3n) is 2.33. The number of benzene rings is 1. The van der Waals surface area contributed by atoms with Crippen LogP contribution in [0.1, 0.15) is 6.92 Å². The third-order valence-corrected chi connectivity index (χ3v) is 3.14. The van der Waals surface area contributed by atoms with Gasteiger partial charge in [0.2, 0.25) is 5.91 Å². The number of hydrogen-bond acceptors (Lipinski definition) is 3. The van der Waals surface area contributed by atoms with Crippen LogP contribution in [0.3, 0.4) is 0 Å². The quantitative estimate of drug-likeness (QED) is 0.819. The van der Waals surface area contributed by atoms with Crippen LogP contribution < -0.4 is 10.6 Å². The zero-order valence-corrected chi connectivity index (χ0v) is 11.4. The molecule has 0 aliphatic rings. The second kappa shape index (κ2) is 6.81. The van der Waals surface area contributed by atoms with Gasteiger partial charge >= 0.3 is 5.51 Å². The molecule has 0 aromatic heterocycles. The van der Waals surface area contributed by atoms with Crippen LogP contribution in [0, 0.1) is 5.92 Å². The maximum Gasteiger partial charge on any atom is 0.446 e. The molecule has 2 N–H and O–H groups in total.